The second-order valence-corrected chi connectivity index (χ2v) is 8.27. The van der Waals surface area contributed by atoms with Crippen molar-refractivity contribution in [1.29, 1.82) is 0 Å². The molecule has 1 N–H and O–H groups in total. The fraction of sp³-hybridized carbons (Fsp3) is 0.611. The van der Waals surface area contributed by atoms with Crippen molar-refractivity contribution in [2.45, 2.75) is 39.3 Å². The Hall–Kier alpha value is -1.77. The van der Waals surface area contributed by atoms with Crippen molar-refractivity contribution in [3.05, 3.63) is 27.6 Å². The molecular weight excluding hydrogens is 352 g/mol. The summed E-state index contributed by atoms with van der Waals surface area (Å²) in [6.45, 7) is 9.94. The molecule has 0 saturated carbocycles. The molecule has 26 heavy (non-hydrogen) atoms. The molecule has 0 aliphatic carbocycles. The van der Waals surface area contributed by atoms with Crippen molar-refractivity contribution in [1.82, 2.24) is 19.8 Å². The third-order valence-corrected chi connectivity index (χ3v) is 6.00. The van der Waals surface area contributed by atoms with Crippen LogP contribution in [0, 0.1) is 0 Å². The molecule has 142 valence electrons. The first-order chi connectivity index (χ1) is 12.4. The van der Waals surface area contributed by atoms with Gasteiger partial charge in [-0.3, -0.25) is 19.1 Å². The minimum atomic E-state index is -0.180. The van der Waals surface area contributed by atoms with Crippen molar-refractivity contribution < 1.29 is 9.53 Å². The summed E-state index contributed by atoms with van der Waals surface area (Å²) >= 11 is 1.53. The zero-order valence-electron chi connectivity index (χ0n) is 15.6. The van der Waals surface area contributed by atoms with E-state index in [1.165, 1.54) is 22.2 Å². The second-order valence-electron chi connectivity index (χ2n) is 7.15. The Bertz CT molecular complexity index is 837. The molecule has 2 aromatic heterocycles. The van der Waals surface area contributed by atoms with Crippen LogP contribution in [0.2, 0.25) is 0 Å². The van der Waals surface area contributed by atoms with Crippen molar-refractivity contribution >= 4 is 27.5 Å². The number of nitrogens with zero attached hydrogens (tertiary/aromatic N) is 3. The van der Waals surface area contributed by atoms with Crippen LogP contribution in [-0.4, -0.2) is 58.7 Å². The number of thiophene rings is 1. The molecule has 1 fully saturated rings. The quantitative estimate of drug-likeness (QED) is 0.819. The van der Waals surface area contributed by atoms with Crippen molar-refractivity contribution in [2.24, 2.45) is 0 Å². The molecule has 8 heteroatoms. The second kappa shape index (κ2) is 7.85. The van der Waals surface area contributed by atoms with E-state index in [0.29, 0.717) is 11.9 Å². The van der Waals surface area contributed by atoms with Crippen LogP contribution in [0.1, 0.15) is 25.6 Å². The molecule has 3 rings (SSSR count). The van der Waals surface area contributed by atoms with Gasteiger partial charge in [-0.15, -0.1) is 11.3 Å². The molecule has 7 nitrogen and oxygen atoms in total. The number of amides is 1. The third kappa shape index (κ3) is 4.13. The first-order valence-corrected chi connectivity index (χ1v) is 9.79. The lowest BCUT2D eigenvalue weighted by Crippen LogP contribution is -2.55. The van der Waals surface area contributed by atoms with Crippen molar-refractivity contribution in [3.8, 4) is 0 Å². The van der Waals surface area contributed by atoms with Gasteiger partial charge in [-0.2, -0.15) is 0 Å². The van der Waals surface area contributed by atoms with Crippen LogP contribution in [0.5, 0.6) is 0 Å². The van der Waals surface area contributed by atoms with Gasteiger partial charge < -0.3 is 10.1 Å². The molecule has 0 atom stereocenters. The number of nitrogens with one attached hydrogen (secondary N) is 1. The molecule has 1 saturated heterocycles. The van der Waals surface area contributed by atoms with Gasteiger partial charge in [0.15, 0.2) is 0 Å². The van der Waals surface area contributed by atoms with E-state index < -0.39 is 0 Å². The van der Waals surface area contributed by atoms with Crippen LogP contribution in [0.4, 0.5) is 0 Å². The van der Waals surface area contributed by atoms with Crippen molar-refractivity contribution in [2.75, 3.05) is 32.8 Å². The van der Waals surface area contributed by atoms with Gasteiger partial charge in [0.2, 0.25) is 5.91 Å². The molecule has 1 amide bonds. The molecule has 0 radical (unpaired) electrons. The molecular formula is C18H26N4O3S. The normalized spacial score (nSPS) is 16.1. The molecule has 1 aliphatic rings. The van der Waals surface area contributed by atoms with Crippen LogP contribution in [0.15, 0.2) is 17.2 Å². The average Bonchev–Trinajstić information content (AvgIpc) is 3.07. The molecule has 0 aromatic carbocycles. The number of fused-ring (bicyclic) bond motifs is 1. The summed E-state index contributed by atoms with van der Waals surface area (Å²) < 4.78 is 6.76. The van der Waals surface area contributed by atoms with Crippen LogP contribution in [-0.2, 0) is 22.5 Å². The minimum absolute atomic E-state index is 0.0156. The number of ether oxygens (including phenoxy) is 1. The highest BCUT2D eigenvalue weighted by atomic mass is 32.1. The standard InChI is InChI=1S/C18H26N4O3S/c1-4-13-9-14-16(26-13)20-12-21(17(14)24)10-15(23)19-11-18(2,3)22-5-7-25-8-6-22/h9,12H,4-8,10-11H2,1-3H3,(H,19,23). The van der Waals surface area contributed by atoms with Crippen molar-refractivity contribution in [3.63, 3.8) is 0 Å². The highest BCUT2D eigenvalue weighted by Gasteiger charge is 2.28. The maximum Gasteiger partial charge on any atom is 0.262 e. The minimum Gasteiger partial charge on any atom is -0.379 e. The largest absolute Gasteiger partial charge is 0.379 e. The van der Waals surface area contributed by atoms with E-state index in [0.717, 1.165) is 42.4 Å². The predicted octanol–water partition coefficient (Wildman–Crippen LogP) is 1.25. The summed E-state index contributed by atoms with van der Waals surface area (Å²) in [4.78, 5) is 33.4. The Balaban J connectivity index is 1.63. The lowest BCUT2D eigenvalue weighted by atomic mass is 10.0. The summed E-state index contributed by atoms with van der Waals surface area (Å²) in [5.41, 5.74) is -0.316. The lowest BCUT2D eigenvalue weighted by molar-refractivity contribution is -0.122. The SMILES string of the molecule is CCc1cc2c(=O)n(CC(=O)NCC(C)(C)N3CCOCC3)cnc2s1. The Morgan fingerprint density at radius 1 is 1.38 bits per heavy atom. The summed E-state index contributed by atoms with van der Waals surface area (Å²) in [7, 11) is 0. The Morgan fingerprint density at radius 3 is 2.81 bits per heavy atom. The van der Waals surface area contributed by atoms with Gasteiger partial charge in [0.1, 0.15) is 11.4 Å². The highest BCUT2D eigenvalue weighted by molar-refractivity contribution is 7.18. The summed E-state index contributed by atoms with van der Waals surface area (Å²) in [6, 6.07) is 1.88. The van der Waals surface area contributed by atoms with Gasteiger partial charge in [0.05, 0.1) is 24.9 Å². The monoisotopic (exact) mass is 378 g/mol. The lowest BCUT2D eigenvalue weighted by Gasteiger charge is -2.40. The predicted molar refractivity (Wildman–Crippen MR) is 103 cm³/mol. The fourth-order valence-electron chi connectivity index (χ4n) is 3.10. The number of carbonyl (C=O) groups excluding carboxylic acids is 1. The number of hydrogen-bond acceptors (Lipinski definition) is 6. The molecule has 0 unspecified atom stereocenters. The molecule has 0 bridgehead atoms. The van der Waals surface area contributed by atoms with Gasteiger partial charge in [-0.05, 0) is 26.3 Å². The van der Waals surface area contributed by atoms with Crippen LogP contribution >= 0.6 is 11.3 Å². The van der Waals surface area contributed by atoms with Gasteiger partial charge >= 0.3 is 0 Å². The number of carbonyl (C=O) groups is 1. The topological polar surface area (TPSA) is 76.5 Å². The first-order valence-electron chi connectivity index (χ1n) is 8.98. The maximum atomic E-state index is 12.6. The maximum absolute atomic E-state index is 12.6. The smallest absolute Gasteiger partial charge is 0.262 e. The highest BCUT2D eigenvalue weighted by Crippen LogP contribution is 2.21. The fourth-order valence-corrected chi connectivity index (χ4v) is 4.03. The van der Waals surface area contributed by atoms with E-state index in [9.17, 15) is 9.59 Å². The molecule has 0 spiro atoms. The number of rotatable bonds is 6. The molecule has 2 aromatic rings. The Morgan fingerprint density at radius 2 is 2.12 bits per heavy atom. The number of morpholine rings is 1. The van der Waals surface area contributed by atoms with E-state index >= 15 is 0 Å². The van der Waals surface area contributed by atoms with Crippen LogP contribution in [0.25, 0.3) is 10.2 Å². The number of hydrogen-bond donors (Lipinski definition) is 1. The van der Waals surface area contributed by atoms with E-state index in [1.807, 2.05) is 13.0 Å². The van der Waals surface area contributed by atoms with E-state index in [-0.39, 0.29) is 23.6 Å². The zero-order valence-corrected chi connectivity index (χ0v) is 16.4. The van der Waals surface area contributed by atoms with E-state index in [1.54, 1.807) is 0 Å². The Kier molecular flexibility index (Phi) is 5.74. The number of aryl methyl sites for hydroxylation is 1. The van der Waals surface area contributed by atoms with Gasteiger partial charge in [-0.1, -0.05) is 6.92 Å². The molecule has 3 heterocycles. The first kappa shape index (κ1) is 19.0. The number of aromatic nitrogens is 2. The van der Waals surface area contributed by atoms with Crippen LogP contribution in [0.3, 0.4) is 0 Å². The van der Waals surface area contributed by atoms with E-state index in [2.05, 4.69) is 29.0 Å². The average molecular weight is 378 g/mol. The van der Waals surface area contributed by atoms with Gasteiger partial charge in [0, 0.05) is 30.1 Å². The summed E-state index contributed by atoms with van der Waals surface area (Å²) in [5.74, 6) is -0.180. The van der Waals surface area contributed by atoms with Gasteiger partial charge in [0.25, 0.3) is 5.56 Å². The van der Waals surface area contributed by atoms with Crippen LogP contribution < -0.4 is 10.9 Å². The summed E-state index contributed by atoms with van der Waals surface area (Å²) in [6.07, 6.45) is 2.34. The third-order valence-electron chi connectivity index (χ3n) is 4.82. The Labute approximate surface area is 157 Å². The van der Waals surface area contributed by atoms with Gasteiger partial charge in [-0.25, -0.2) is 4.98 Å². The summed E-state index contributed by atoms with van der Waals surface area (Å²) in [5, 5.41) is 3.55. The molecule has 1 aliphatic heterocycles. The zero-order chi connectivity index (χ0) is 18.7. The van der Waals surface area contributed by atoms with E-state index in [4.69, 9.17) is 4.74 Å².